The molecule has 0 fully saturated rings. The normalized spacial score (nSPS) is 11.7. The topological polar surface area (TPSA) is 52.8 Å². The Hall–Kier alpha value is -2.07. The van der Waals surface area contributed by atoms with Crippen molar-refractivity contribution in [3.63, 3.8) is 0 Å². The van der Waals surface area contributed by atoms with E-state index in [4.69, 9.17) is 4.74 Å². The monoisotopic (exact) mass is 386 g/mol. The summed E-state index contributed by atoms with van der Waals surface area (Å²) in [6.07, 6.45) is -4.51. The molecule has 0 saturated heterocycles. The molecule has 10 heteroatoms. The molecule has 0 amide bonds. The van der Waals surface area contributed by atoms with Crippen molar-refractivity contribution in [3.8, 4) is 16.3 Å². The van der Waals surface area contributed by atoms with Crippen LogP contribution in [-0.2, 0) is 19.0 Å². The minimum atomic E-state index is -4.51. The molecule has 0 aliphatic heterocycles. The van der Waals surface area contributed by atoms with E-state index < -0.39 is 12.0 Å². The molecule has 2 heterocycles. The molecule has 0 bridgehead atoms. The Bertz CT molecular complexity index is 859. The summed E-state index contributed by atoms with van der Waals surface area (Å²) < 4.78 is 44.2. The van der Waals surface area contributed by atoms with E-state index in [1.807, 2.05) is 29.6 Å². The van der Waals surface area contributed by atoms with Crippen molar-refractivity contribution >= 4 is 23.1 Å². The lowest BCUT2D eigenvalue weighted by Crippen LogP contribution is -2.12. The number of alkyl halides is 3. The first-order chi connectivity index (χ1) is 11.9. The third-order valence-electron chi connectivity index (χ3n) is 3.33. The first-order valence-corrected chi connectivity index (χ1v) is 8.93. The van der Waals surface area contributed by atoms with Gasteiger partial charge in [-0.2, -0.15) is 13.2 Å². The van der Waals surface area contributed by atoms with Crippen LogP contribution in [0.3, 0.4) is 0 Å². The molecule has 1 aromatic carbocycles. The Morgan fingerprint density at radius 3 is 2.52 bits per heavy atom. The predicted molar refractivity (Wildman–Crippen MR) is 89.7 cm³/mol. The van der Waals surface area contributed by atoms with Gasteiger partial charge in [-0.15, -0.1) is 21.5 Å². The quantitative estimate of drug-likeness (QED) is 0.614. The van der Waals surface area contributed by atoms with Crippen molar-refractivity contribution in [2.45, 2.75) is 17.1 Å². The van der Waals surface area contributed by atoms with E-state index in [0.717, 1.165) is 26.6 Å². The van der Waals surface area contributed by atoms with Gasteiger partial charge in [-0.1, -0.05) is 11.8 Å². The number of hydrogen-bond acceptors (Lipinski definition) is 6. The maximum atomic E-state index is 12.7. The van der Waals surface area contributed by atoms with Crippen LogP contribution in [0.25, 0.3) is 10.6 Å². The lowest BCUT2D eigenvalue weighted by atomic mass is 10.2. The fourth-order valence-electron chi connectivity index (χ4n) is 2.07. The highest BCUT2D eigenvalue weighted by Gasteiger charge is 2.37. The van der Waals surface area contributed by atoms with Crippen molar-refractivity contribution in [2.75, 3.05) is 7.11 Å². The summed E-state index contributed by atoms with van der Waals surface area (Å²) in [4.78, 5) is 4.51. The molecule has 2 aromatic heterocycles. The fourth-order valence-corrected chi connectivity index (χ4v) is 3.80. The molecule has 0 aliphatic rings. The van der Waals surface area contributed by atoms with Gasteiger partial charge in [-0.25, -0.2) is 4.98 Å². The zero-order valence-corrected chi connectivity index (χ0v) is 14.9. The number of hydrogen-bond donors (Lipinski definition) is 0. The van der Waals surface area contributed by atoms with Crippen LogP contribution in [0, 0.1) is 0 Å². The molecular weight excluding hydrogens is 373 g/mol. The van der Waals surface area contributed by atoms with Gasteiger partial charge in [-0.05, 0) is 24.3 Å². The molecule has 0 N–H and O–H groups in total. The summed E-state index contributed by atoms with van der Waals surface area (Å²) >= 11 is 2.64. The number of nitrogens with zero attached hydrogens (tertiary/aromatic N) is 4. The molecule has 132 valence electrons. The average Bonchev–Trinajstić information content (AvgIpc) is 3.19. The lowest BCUT2D eigenvalue weighted by Gasteiger charge is -2.05. The van der Waals surface area contributed by atoms with E-state index >= 15 is 0 Å². The number of methoxy groups -OCH3 is 1. The molecule has 0 unspecified atom stereocenters. The third-order valence-corrected chi connectivity index (χ3v) is 5.32. The van der Waals surface area contributed by atoms with Crippen molar-refractivity contribution in [2.24, 2.45) is 7.05 Å². The second-order valence-electron chi connectivity index (χ2n) is 5.02. The molecule has 0 saturated carbocycles. The van der Waals surface area contributed by atoms with Crippen LogP contribution in [-0.4, -0.2) is 26.9 Å². The van der Waals surface area contributed by atoms with Gasteiger partial charge in [0.05, 0.1) is 12.8 Å². The van der Waals surface area contributed by atoms with Crippen LogP contribution in [0.1, 0.15) is 11.5 Å². The van der Waals surface area contributed by atoms with Gasteiger partial charge in [0.25, 0.3) is 0 Å². The SMILES string of the molecule is COc1ccc(-c2nc(CSc3nnc(C(F)(F)F)n3C)cs2)cc1. The zero-order chi connectivity index (χ0) is 18.0. The Morgan fingerprint density at radius 1 is 1.20 bits per heavy atom. The van der Waals surface area contributed by atoms with Gasteiger partial charge < -0.3 is 9.30 Å². The Kier molecular flexibility index (Phi) is 5.00. The summed E-state index contributed by atoms with van der Waals surface area (Å²) in [5, 5.41) is 9.73. The molecule has 5 nitrogen and oxygen atoms in total. The summed E-state index contributed by atoms with van der Waals surface area (Å²) in [5.41, 5.74) is 1.73. The Balaban J connectivity index is 1.69. The van der Waals surface area contributed by atoms with Crippen molar-refractivity contribution in [3.05, 3.63) is 41.2 Å². The summed E-state index contributed by atoms with van der Waals surface area (Å²) in [5.74, 6) is 0.169. The summed E-state index contributed by atoms with van der Waals surface area (Å²) in [6.45, 7) is 0. The van der Waals surface area contributed by atoms with Gasteiger partial charge in [-0.3, -0.25) is 0 Å². The van der Waals surface area contributed by atoms with Crippen molar-refractivity contribution < 1.29 is 17.9 Å². The molecule has 0 atom stereocenters. The summed E-state index contributed by atoms with van der Waals surface area (Å²) in [7, 11) is 2.90. The van der Waals surface area contributed by atoms with Gasteiger partial charge >= 0.3 is 6.18 Å². The Labute approximate surface area is 149 Å². The van der Waals surface area contributed by atoms with E-state index in [0.29, 0.717) is 5.75 Å². The zero-order valence-electron chi connectivity index (χ0n) is 13.2. The minimum absolute atomic E-state index is 0.200. The van der Waals surface area contributed by atoms with Gasteiger partial charge in [0, 0.05) is 23.7 Å². The number of thiazole rings is 1. The van der Waals surface area contributed by atoms with Crippen LogP contribution in [0.15, 0.2) is 34.8 Å². The minimum Gasteiger partial charge on any atom is -0.497 e. The number of rotatable bonds is 5. The smallest absolute Gasteiger partial charge is 0.451 e. The lowest BCUT2D eigenvalue weighted by molar-refractivity contribution is -0.147. The fraction of sp³-hybridized carbons (Fsp3) is 0.267. The first kappa shape index (κ1) is 17.7. The molecular formula is C15H13F3N4OS2. The number of halogens is 3. The van der Waals surface area contributed by atoms with Gasteiger partial charge in [0.15, 0.2) is 5.16 Å². The second-order valence-corrected chi connectivity index (χ2v) is 6.82. The molecule has 3 rings (SSSR count). The van der Waals surface area contributed by atoms with E-state index in [2.05, 4.69) is 15.2 Å². The van der Waals surface area contributed by atoms with Crippen LogP contribution >= 0.6 is 23.1 Å². The van der Waals surface area contributed by atoms with E-state index in [-0.39, 0.29) is 5.16 Å². The molecule has 0 spiro atoms. The molecule has 25 heavy (non-hydrogen) atoms. The highest BCUT2D eigenvalue weighted by atomic mass is 32.2. The van der Waals surface area contributed by atoms with Gasteiger partial charge in [0.2, 0.25) is 5.82 Å². The second kappa shape index (κ2) is 7.04. The standard InChI is InChI=1S/C15H13F3N4OS2/c1-22-13(15(16,17)18)20-21-14(22)25-8-10-7-24-12(19-10)9-3-5-11(23-2)6-4-9/h3-7H,8H2,1-2H3. The third kappa shape index (κ3) is 3.96. The first-order valence-electron chi connectivity index (χ1n) is 7.06. The van der Waals surface area contributed by atoms with E-state index in [1.165, 1.54) is 30.1 Å². The average molecular weight is 386 g/mol. The maximum absolute atomic E-state index is 12.7. The number of benzene rings is 1. The van der Waals surface area contributed by atoms with Crippen LogP contribution in [0.5, 0.6) is 5.75 Å². The number of ether oxygens (including phenoxy) is 1. The van der Waals surface area contributed by atoms with E-state index in [1.54, 1.807) is 7.11 Å². The molecule has 0 radical (unpaired) electrons. The number of thioether (sulfide) groups is 1. The highest BCUT2D eigenvalue weighted by Crippen LogP contribution is 2.31. The van der Waals surface area contributed by atoms with Crippen molar-refractivity contribution in [1.82, 2.24) is 19.7 Å². The highest BCUT2D eigenvalue weighted by molar-refractivity contribution is 7.98. The Morgan fingerprint density at radius 2 is 1.92 bits per heavy atom. The maximum Gasteiger partial charge on any atom is 0.451 e. The van der Waals surface area contributed by atoms with Crippen LogP contribution in [0.2, 0.25) is 0 Å². The van der Waals surface area contributed by atoms with E-state index in [9.17, 15) is 13.2 Å². The predicted octanol–water partition coefficient (Wildman–Crippen LogP) is 4.26. The summed E-state index contributed by atoms with van der Waals surface area (Å²) in [6, 6.07) is 7.52. The van der Waals surface area contributed by atoms with Crippen molar-refractivity contribution in [1.29, 1.82) is 0 Å². The van der Waals surface area contributed by atoms with Crippen LogP contribution in [0.4, 0.5) is 13.2 Å². The molecule has 3 aromatic rings. The van der Waals surface area contributed by atoms with Crippen LogP contribution < -0.4 is 4.74 Å². The largest absolute Gasteiger partial charge is 0.497 e. The molecule has 0 aliphatic carbocycles. The number of aromatic nitrogens is 4. The van der Waals surface area contributed by atoms with Gasteiger partial charge in [0.1, 0.15) is 10.8 Å².